The standard InChI is InChI=1S/C15H14BrClO2/c1-15(2,9-3-5-11(18)6-4-9)10-7-12(16)14(19)13(17)8-10/h3-8,18-19H,1-2H3. The van der Waals surface area contributed by atoms with Gasteiger partial charge in [0.05, 0.1) is 9.50 Å². The predicted octanol–water partition coefficient (Wildman–Crippen LogP) is 4.84. The van der Waals surface area contributed by atoms with Crippen LogP contribution in [-0.4, -0.2) is 10.2 Å². The molecule has 0 fully saturated rings. The van der Waals surface area contributed by atoms with Gasteiger partial charge in [-0.1, -0.05) is 37.6 Å². The normalized spacial score (nSPS) is 11.6. The highest BCUT2D eigenvalue weighted by Crippen LogP contribution is 2.39. The van der Waals surface area contributed by atoms with Crippen molar-refractivity contribution in [3.05, 3.63) is 57.0 Å². The largest absolute Gasteiger partial charge is 0.508 e. The van der Waals surface area contributed by atoms with Crippen LogP contribution < -0.4 is 0 Å². The summed E-state index contributed by atoms with van der Waals surface area (Å²) in [6.45, 7) is 4.13. The maximum atomic E-state index is 9.69. The third kappa shape index (κ3) is 2.72. The van der Waals surface area contributed by atoms with E-state index in [1.165, 1.54) is 0 Å². The Balaban J connectivity index is 2.52. The molecule has 2 aromatic carbocycles. The number of hydrogen-bond acceptors (Lipinski definition) is 2. The fourth-order valence-electron chi connectivity index (χ4n) is 1.97. The molecule has 0 heterocycles. The van der Waals surface area contributed by atoms with Gasteiger partial charge in [0.1, 0.15) is 11.5 Å². The van der Waals surface area contributed by atoms with E-state index in [9.17, 15) is 10.2 Å². The first-order valence-electron chi connectivity index (χ1n) is 5.80. The van der Waals surface area contributed by atoms with Gasteiger partial charge >= 0.3 is 0 Å². The molecule has 0 aliphatic carbocycles. The van der Waals surface area contributed by atoms with E-state index < -0.39 is 0 Å². The Hall–Kier alpha value is -1.19. The van der Waals surface area contributed by atoms with Crippen molar-refractivity contribution in [3.63, 3.8) is 0 Å². The van der Waals surface area contributed by atoms with Crippen LogP contribution in [0.3, 0.4) is 0 Å². The maximum absolute atomic E-state index is 9.69. The molecule has 19 heavy (non-hydrogen) atoms. The molecule has 2 nitrogen and oxygen atoms in total. The molecule has 0 bridgehead atoms. The summed E-state index contributed by atoms with van der Waals surface area (Å²) < 4.78 is 0.571. The summed E-state index contributed by atoms with van der Waals surface area (Å²) in [4.78, 5) is 0. The van der Waals surface area contributed by atoms with E-state index in [4.69, 9.17) is 11.6 Å². The van der Waals surface area contributed by atoms with Crippen molar-refractivity contribution in [2.45, 2.75) is 19.3 Å². The first-order valence-corrected chi connectivity index (χ1v) is 6.97. The monoisotopic (exact) mass is 340 g/mol. The quantitative estimate of drug-likeness (QED) is 0.820. The molecule has 2 aromatic rings. The summed E-state index contributed by atoms with van der Waals surface area (Å²) in [5.41, 5.74) is 1.75. The van der Waals surface area contributed by atoms with E-state index in [0.29, 0.717) is 9.50 Å². The van der Waals surface area contributed by atoms with Gasteiger partial charge in [-0.3, -0.25) is 0 Å². The van der Waals surface area contributed by atoms with E-state index in [2.05, 4.69) is 29.8 Å². The number of benzene rings is 2. The van der Waals surface area contributed by atoms with E-state index in [0.717, 1.165) is 11.1 Å². The van der Waals surface area contributed by atoms with Crippen molar-refractivity contribution in [2.24, 2.45) is 0 Å². The van der Waals surface area contributed by atoms with E-state index in [-0.39, 0.29) is 16.9 Å². The molecule has 0 saturated carbocycles. The molecule has 4 heteroatoms. The van der Waals surface area contributed by atoms with Gasteiger partial charge in [-0.25, -0.2) is 0 Å². The Morgan fingerprint density at radius 3 is 2.11 bits per heavy atom. The number of phenolic OH excluding ortho intramolecular Hbond substituents is 2. The van der Waals surface area contributed by atoms with E-state index in [1.54, 1.807) is 18.2 Å². The number of phenols is 2. The second-order valence-corrected chi connectivity index (χ2v) is 6.22. The molecule has 0 atom stereocenters. The van der Waals surface area contributed by atoms with Gasteiger partial charge in [0.2, 0.25) is 0 Å². The lowest BCUT2D eigenvalue weighted by Gasteiger charge is -2.27. The lowest BCUT2D eigenvalue weighted by Crippen LogP contribution is -2.18. The van der Waals surface area contributed by atoms with E-state index >= 15 is 0 Å². The van der Waals surface area contributed by atoms with Crippen LogP contribution in [0.2, 0.25) is 5.02 Å². The number of halogens is 2. The minimum absolute atomic E-state index is 0.0481. The van der Waals surface area contributed by atoms with Crippen LogP contribution in [0.1, 0.15) is 25.0 Å². The minimum Gasteiger partial charge on any atom is -0.508 e. The second-order valence-electron chi connectivity index (χ2n) is 4.96. The Bertz CT molecular complexity index is 583. The zero-order valence-corrected chi connectivity index (χ0v) is 13.0. The van der Waals surface area contributed by atoms with Crippen LogP contribution in [-0.2, 0) is 5.41 Å². The third-order valence-electron chi connectivity index (χ3n) is 3.33. The van der Waals surface area contributed by atoms with Crippen LogP contribution in [0.5, 0.6) is 11.5 Å². The van der Waals surface area contributed by atoms with Crippen molar-refractivity contribution >= 4 is 27.5 Å². The molecule has 2 rings (SSSR count). The molecule has 100 valence electrons. The van der Waals surface area contributed by atoms with Crippen molar-refractivity contribution in [1.29, 1.82) is 0 Å². The highest BCUT2D eigenvalue weighted by atomic mass is 79.9. The zero-order valence-electron chi connectivity index (χ0n) is 10.6. The Labute approximate surface area is 125 Å². The summed E-state index contributed by atoms with van der Waals surface area (Å²) in [7, 11) is 0. The first-order chi connectivity index (χ1) is 8.82. The topological polar surface area (TPSA) is 40.5 Å². The fraction of sp³-hybridized carbons (Fsp3) is 0.200. The second kappa shape index (κ2) is 5.06. The SMILES string of the molecule is CC(C)(c1ccc(O)cc1)c1cc(Cl)c(O)c(Br)c1. The lowest BCUT2D eigenvalue weighted by atomic mass is 9.78. The predicted molar refractivity (Wildman–Crippen MR) is 81.1 cm³/mol. The minimum atomic E-state index is -0.284. The summed E-state index contributed by atoms with van der Waals surface area (Å²) in [5, 5.41) is 19.4. The molecular weight excluding hydrogens is 328 g/mol. The highest BCUT2D eigenvalue weighted by molar-refractivity contribution is 9.10. The van der Waals surface area contributed by atoms with E-state index in [1.807, 2.05) is 18.2 Å². The van der Waals surface area contributed by atoms with Crippen molar-refractivity contribution < 1.29 is 10.2 Å². The molecule has 2 N–H and O–H groups in total. The number of hydrogen-bond donors (Lipinski definition) is 2. The van der Waals surface area contributed by atoms with Gasteiger partial charge in [-0.15, -0.1) is 0 Å². The molecule has 0 saturated heterocycles. The van der Waals surface area contributed by atoms with Crippen LogP contribution in [0.15, 0.2) is 40.9 Å². The summed E-state index contributed by atoms with van der Waals surface area (Å²) in [5.74, 6) is 0.288. The molecule has 0 radical (unpaired) electrons. The summed E-state index contributed by atoms with van der Waals surface area (Å²) >= 11 is 9.32. The third-order valence-corrected chi connectivity index (χ3v) is 4.22. The number of rotatable bonds is 2. The average molecular weight is 342 g/mol. The van der Waals surface area contributed by atoms with Gasteiger partial charge in [0.25, 0.3) is 0 Å². The molecule has 0 aliphatic heterocycles. The van der Waals surface area contributed by atoms with Crippen molar-refractivity contribution in [1.82, 2.24) is 0 Å². The van der Waals surface area contributed by atoms with Crippen LogP contribution in [0, 0.1) is 0 Å². The lowest BCUT2D eigenvalue weighted by molar-refractivity contribution is 0.471. The van der Waals surface area contributed by atoms with Crippen molar-refractivity contribution in [3.8, 4) is 11.5 Å². The Kier molecular flexibility index (Phi) is 3.79. The average Bonchev–Trinajstić information content (AvgIpc) is 2.35. The summed E-state index contributed by atoms with van der Waals surface area (Å²) in [6, 6.07) is 10.7. The maximum Gasteiger partial charge on any atom is 0.148 e. The zero-order chi connectivity index (χ0) is 14.2. The molecule has 0 spiro atoms. The Morgan fingerprint density at radius 2 is 1.58 bits per heavy atom. The summed E-state index contributed by atoms with van der Waals surface area (Å²) in [6.07, 6.45) is 0. The first kappa shape index (κ1) is 14.2. The number of aromatic hydroxyl groups is 2. The van der Waals surface area contributed by atoms with Crippen LogP contribution in [0.4, 0.5) is 0 Å². The molecule has 0 aromatic heterocycles. The molecule has 0 unspecified atom stereocenters. The van der Waals surface area contributed by atoms with Crippen molar-refractivity contribution in [2.75, 3.05) is 0 Å². The van der Waals surface area contributed by atoms with Gasteiger partial charge in [0, 0.05) is 5.41 Å². The van der Waals surface area contributed by atoms with Crippen LogP contribution in [0.25, 0.3) is 0 Å². The van der Waals surface area contributed by atoms with Gasteiger partial charge in [-0.05, 0) is 51.3 Å². The van der Waals surface area contributed by atoms with Gasteiger partial charge < -0.3 is 10.2 Å². The fourth-order valence-corrected chi connectivity index (χ4v) is 2.76. The molecular formula is C15H14BrClO2. The van der Waals surface area contributed by atoms with Gasteiger partial charge in [0.15, 0.2) is 0 Å². The Morgan fingerprint density at radius 1 is 1.00 bits per heavy atom. The van der Waals surface area contributed by atoms with Crippen LogP contribution >= 0.6 is 27.5 Å². The van der Waals surface area contributed by atoms with Gasteiger partial charge in [-0.2, -0.15) is 0 Å². The highest BCUT2D eigenvalue weighted by Gasteiger charge is 2.25. The smallest absolute Gasteiger partial charge is 0.148 e. The molecule has 0 amide bonds. The molecule has 0 aliphatic rings.